The minimum absolute atomic E-state index is 0.0331. The fraction of sp³-hybridized carbons (Fsp3) is 0.391. The molecule has 2 aromatic rings. The first-order valence-corrected chi connectivity index (χ1v) is 10.1. The number of ether oxygens (including phenoxy) is 3. The van der Waals surface area contributed by atoms with Gasteiger partial charge in [-0.25, -0.2) is 9.59 Å². The summed E-state index contributed by atoms with van der Waals surface area (Å²) in [7, 11) is 1.31. The van der Waals surface area contributed by atoms with Crippen molar-refractivity contribution in [2.75, 3.05) is 13.7 Å². The predicted molar refractivity (Wildman–Crippen MR) is 118 cm³/mol. The molecular formula is C23H29N3O6. The maximum atomic E-state index is 12.0. The fourth-order valence-electron chi connectivity index (χ4n) is 2.85. The number of methoxy groups -OCH3 is 1. The van der Waals surface area contributed by atoms with Crippen LogP contribution in [0.25, 0.3) is 11.1 Å². The molecule has 172 valence electrons. The number of aromatic nitrogens is 1. The summed E-state index contributed by atoms with van der Waals surface area (Å²) in [5.74, 6) is -0.420. The summed E-state index contributed by atoms with van der Waals surface area (Å²) in [6.45, 7) is 5.49. The summed E-state index contributed by atoms with van der Waals surface area (Å²) in [4.78, 5) is 39.2. The third-order valence-electron chi connectivity index (χ3n) is 4.23. The smallest absolute Gasteiger partial charge is 0.407 e. The van der Waals surface area contributed by atoms with Crippen molar-refractivity contribution in [2.45, 2.75) is 45.3 Å². The number of carbonyl (C=O) groups is 3. The average Bonchev–Trinajstić information content (AvgIpc) is 2.71. The van der Waals surface area contributed by atoms with Gasteiger partial charge in [-0.05, 0) is 44.5 Å². The second kappa shape index (κ2) is 11.1. The monoisotopic (exact) mass is 443 g/mol. The van der Waals surface area contributed by atoms with Gasteiger partial charge in [0, 0.05) is 36.8 Å². The molecule has 0 aliphatic heterocycles. The van der Waals surface area contributed by atoms with Crippen molar-refractivity contribution in [3.63, 3.8) is 0 Å². The number of amides is 2. The zero-order valence-electron chi connectivity index (χ0n) is 18.7. The van der Waals surface area contributed by atoms with Crippen molar-refractivity contribution in [1.82, 2.24) is 10.3 Å². The van der Waals surface area contributed by atoms with E-state index in [1.807, 2.05) is 18.2 Å². The largest absolute Gasteiger partial charge is 0.493 e. The van der Waals surface area contributed by atoms with Gasteiger partial charge in [0.05, 0.1) is 19.3 Å². The standard InChI is InChI=1S/C23H29N3O6/c1-23(2,3)32-22(29)26-18(12-20(24)27)8-9-31-19-7-5-6-15(11-19)16-10-17(14-25-13-16)21(28)30-4/h5-7,10-11,13-14,18H,8-9,12H2,1-4H3,(H2,24,27)(H,26,29). The molecule has 2 rings (SSSR count). The van der Waals surface area contributed by atoms with Crippen LogP contribution < -0.4 is 15.8 Å². The van der Waals surface area contributed by atoms with Crippen LogP contribution in [0.3, 0.4) is 0 Å². The molecule has 0 saturated heterocycles. The minimum atomic E-state index is -0.654. The lowest BCUT2D eigenvalue weighted by Crippen LogP contribution is -2.41. The van der Waals surface area contributed by atoms with Gasteiger partial charge < -0.3 is 25.3 Å². The van der Waals surface area contributed by atoms with Gasteiger partial charge in [0.1, 0.15) is 11.4 Å². The van der Waals surface area contributed by atoms with Crippen LogP contribution in [0.1, 0.15) is 44.0 Å². The summed E-state index contributed by atoms with van der Waals surface area (Å²) in [6, 6.07) is 8.44. The Morgan fingerprint density at radius 3 is 2.53 bits per heavy atom. The van der Waals surface area contributed by atoms with Crippen molar-refractivity contribution in [2.24, 2.45) is 5.73 Å². The highest BCUT2D eigenvalue weighted by atomic mass is 16.6. The number of esters is 1. The van der Waals surface area contributed by atoms with E-state index in [1.165, 1.54) is 13.3 Å². The summed E-state index contributed by atoms with van der Waals surface area (Å²) in [5.41, 5.74) is 6.53. The molecule has 32 heavy (non-hydrogen) atoms. The first-order valence-electron chi connectivity index (χ1n) is 10.1. The molecule has 0 spiro atoms. The van der Waals surface area contributed by atoms with Crippen LogP contribution in [0.2, 0.25) is 0 Å². The normalized spacial score (nSPS) is 11.9. The second-order valence-electron chi connectivity index (χ2n) is 8.13. The number of nitrogens with two attached hydrogens (primary N) is 1. The topological polar surface area (TPSA) is 130 Å². The number of primary amides is 1. The van der Waals surface area contributed by atoms with Crippen LogP contribution in [0, 0.1) is 0 Å². The van der Waals surface area contributed by atoms with Gasteiger partial charge >= 0.3 is 12.1 Å². The zero-order valence-corrected chi connectivity index (χ0v) is 18.7. The minimum Gasteiger partial charge on any atom is -0.493 e. The van der Waals surface area contributed by atoms with Crippen LogP contribution >= 0.6 is 0 Å². The number of alkyl carbamates (subject to hydrolysis) is 1. The molecule has 9 heteroatoms. The Hall–Kier alpha value is -3.62. The number of nitrogens with zero attached hydrogens (tertiary/aromatic N) is 1. The van der Waals surface area contributed by atoms with Gasteiger partial charge in [-0.3, -0.25) is 9.78 Å². The second-order valence-corrected chi connectivity index (χ2v) is 8.13. The van der Waals surface area contributed by atoms with Gasteiger partial charge in [-0.1, -0.05) is 12.1 Å². The Morgan fingerprint density at radius 2 is 1.88 bits per heavy atom. The molecule has 1 aromatic carbocycles. The van der Waals surface area contributed by atoms with Gasteiger partial charge in [-0.2, -0.15) is 0 Å². The molecule has 0 aliphatic carbocycles. The quantitative estimate of drug-likeness (QED) is 0.570. The van der Waals surface area contributed by atoms with Crippen LogP contribution in [0.5, 0.6) is 5.75 Å². The van der Waals surface area contributed by atoms with E-state index in [-0.39, 0.29) is 13.0 Å². The van der Waals surface area contributed by atoms with E-state index in [0.717, 1.165) is 11.1 Å². The van der Waals surface area contributed by atoms with Crippen molar-refractivity contribution in [3.8, 4) is 16.9 Å². The maximum Gasteiger partial charge on any atom is 0.407 e. The average molecular weight is 444 g/mol. The lowest BCUT2D eigenvalue weighted by molar-refractivity contribution is -0.118. The van der Waals surface area contributed by atoms with Crippen LogP contribution in [0.15, 0.2) is 42.7 Å². The van der Waals surface area contributed by atoms with Crippen LogP contribution in [-0.2, 0) is 14.3 Å². The highest BCUT2D eigenvalue weighted by molar-refractivity contribution is 5.90. The molecule has 0 radical (unpaired) electrons. The highest BCUT2D eigenvalue weighted by Gasteiger charge is 2.21. The third-order valence-corrected chi connectivity index (χ3v) is 4.23. The summed E-state index contributed by atoms with van der Waals surface area (Å²) >= 11 is 0. The van der Waals surface area contributed by atoms with Crippen molar-refractivity contribution >= 4 is 18.0 Å². The first-order chi connectivity index (χ1) is 15.1. The van der Waals surface area contributed by atoms with Crippen molar-refractivity contribution in [3.05, 3.63) is 48.3 Å². The predicted octanol–water partition coefficient (Wildman–Crippen LogP) is 3.07. The SMILES string of the molecule is COC(=O)c1cncc(-c2cccc(OCCC(CC(N)=O)NC(=O)OC(C)(C)C)c2)c1. The first kappa shape index (κ1) is 24.6. The lowest BCUT2D eigenvalue weighted by Gasteiger charge is -2.23. The maximum absolute atomic E-state index is 12.0. The molecule has 3 N–H and O–H groups in total. The Labute approximate surface area is 187 Å². The molecule has 0 bridgehead atoms. The van der Waals surface area contributed by atoms with Gasteiger partial charge in [0.2, 0.25) is 5.91 Å². The van der Waals surface area contributed by atoms with Crippen LogP contribution in [0.4, 0.5) is 4.79 Å². The fourth-order valence-corrected chi connectivity index (χ4v) is 2.85. The number of carbonyl (C=O) groups excluding carboxylic acids is 3. The Bertz CT molecular complexity index is 955. The zero-order chi connectivity index (χ0) is 23.7. The van der Waals surface area contributed by atoms with E-state index < -0.39 is 29.6 Å². The molecule has 9 nitrogen and oxygen atoms in total. The number of pyridine rings is 1. The number of hydrogen-bond donors (Lipinski definition) is 2. The molecule has 1 aromatic heterocycles. The van der Waals surface area contributed by atoms with Gasteiger partial charge in [-0.15, -0.1) is 0 Å². The molecule has 0 saturated carbocycles. The summed E-state index contributed by atoms with van der Waals surface area (Å²) < 4.78 is 15.8. The Balaban J connectivity index is 2.01. The molecule has 1 unspecified atom stereocenters. The molecular weight excluding hydrogens is 414 g/mol. The van der Waals surface area contributed by atoms with Gasteiger partial charge in [0.15, 0.2) is 0 Å². The van der Waals surface area contributed by atoms with Crippen LogP contribution in [-0.4, -0.2) is 48.3 Å². The van der Waals surface area contributed by atoms with Crippen molar-refractivity contribution in [1.29, 1.82) is 0 Å². The summed E-state index contributed by atoms with van der Waals surface area (Å²) in [6.07, 6.45) is 2.77. The van der Waals surface area contributed by atoms with E-state index in [9.17, 15) is 14.4 Å². The number of hydrogen-bond acceptors (Lipinski definition) is 7. The van der Waals surface area contributed by atoms with Gasteiger partial charge in [0.25, 0.3) is 0 Å². The van der Waals surface area contributed by atoms with E-state index in [4.69, 9.17) is 19.9 Å². The van der Waals surface area contributed by atoms with Crippen molar-refractivity contribution < 1.29 is 28.6 Å². The molecule has 1 heterocycles. The Morgan fingerprint density at radius 1 is 1.12 bits per heavy atom. The number of nitrogens with one attached hydrogen (secondary N) is 1. The molecule has 1 atom stereocenters. The van der Waals surface area contributed by atoms with E-state index in [1.54, 1.807) is 39.1 Å². The van der Waals surface area contributed by atoms with E-state index >= 15 is 0 Å². The number of rotatable bonds is 9. The summed E-state index contributed by atoms with van der Waals surface area (Å²) in [5, 5.41) is 2.66. The van der Waals surface area contributed by atoms with E-state index in [2.05, 4.69) is 10.3 Å². The third kappa shape index (κ3) is 8.25. The molecule has 0 aliphatic rings. The van der Waals surface area contributed by atoms with E-state index in [0.29, 0.717) is 17.7 Å². The number of benzene rings is 1. The molecule has 2 amide bonds. The molecule has 0 fully saturated rings. The Kier molecular flexibility index (Phi) is 8.57. The lowest BCUT2D eigenvalue weighted by atomic mass is 10.1. The highest BCUT2D eigenvalue weighted by Crippen LogP contribution is 2.24.